The normalized spacial score (nSPS) is 15.5. The van der Waals surface area contributed by atoms with E-state index in [1.807, 2.05) is 0 Å². The summed E-state index contributed by atoms with van der Waals surface area (Å²) in [6.45, 7) is 13.0. The van der Waals surface area contributed by atoms with Crippen LogP contribution in [0.1, 0.15) is 6.92 Å². The van der Waals surface area contributed by atoms with Crippen LogP contribution in [0.5, 0.6) is 0 Å². The summed E-state index contributed by atoms with van der Waals surface area (Å²) in [5.74, 6) is -0.750. The molecule has 1 heterocycles. The first kappa shape index (κ1) is 16.1. The molecule has 0 amide bonds. The molecule has 0 saturated carbocycles. The van der Waals surface area contributed by atoms with Crippen molar-refractivity contribution < 1.29 is 23.8 Å². The zero-order chi connectivity index (χ0) is 14.0. The SMILES string of the molecule is C=C(C)C(=O)OCC1CO1.C=CCOC(=O)C=C. The zero-order valence-electron chi connectivity index (χ0n) is 10.5. The van der Waals surface area contributed by atoms with E-state index in [-0.39, 0.29) is 18.7 Å². The van der Waals surface area contributed by atoms with Crippen molar-refractivity contribution in [2.75, 3.05) is 19.8 Å². The van der Waals surface area contributed by atoms with Gasteiger partial charge in [0.2, 0.25) is 0 Å². The van der Waals surface area contributed by atoms with Crippen molar-refractivity contribution in [3.8, 4) is 0 Å². The van der Waals surface area contributed by atoms with Crippen LogP contribution in [0.2, 0.25) is 0 Å². The van der Waals surface area contributed by atoms with Crippen molar-refractivity contribution in [1.29, 1.82) is 0 Å². The van der Waals surface area contributed by atoms with E-state index in [0.717, 1.165) is 6.08 Å². The van der Waals surface area contributed by atoms with Gasteiger partial charge in [0.05, 0.1) is 6.61 Å². The van der Waals surface area contributed by atoms with Gasteiger partial charge in [-0.25, -0.2) is 9.59 Å². The lowest BCUT2D eigenvalue weighted by Crippen LogP contribution is -2.09. The molecular weight excluding hydrogens is 236 g/mol. The Balaban J connectivity index is 0.000000331. The van der Waals surface area contributed by atoms with Gasteiger partial charge in [0.15, 0.2) is 0 Å². The van der Waals surface area contributed by atoms with Crippen molar-refractivity contribution in [2.45, 2.75) is 13.0 Å². The van der Waals surface area contributed by atoms with Gasteiger partial charge < -0.3 is 14.2 Å². The maximum absolute atomic E-state index is 10.7. The van der Waals surface area contributed by atoms with E-state index in [2.05, 4.69) is 24.5 Å². The van der Waals surface area contributed by atoms with Crippen LogP contribution in [0, 0.1) is 0 Å². The Morgan fingerprint density at radius 2 is 2.00 bits per heavy atom. The minimum Gasteiger partial charge on any atom is -0.459 e. The topological polar surface area (TPSA) is 65.1 Å². The molecule has 1 aliphatic heterocycles. The van der Waals surface area contributed by atoms with Crippen LogP contribution in [-0.4, -0.2) is 37.9 Å². The summed E-state index contributed by atoms with van der Waals surface area (Å²) in [4.78, 5) is 20.9. The van der Waals surface area contributed by atoms with E-state index < -0.39 is 5.97 Å². The lowest BCUT2D eigenvalue weighted by Gasteiger charge is -1.99. The number of rotatable bonds is 6. The van der Waals surface area contributed by atoms with E-state index in [9.17, 15) is 9.59 Å². The molecule has 0 spiro atoms. The Kier molecular flexibility index (Phi) is 8.22. The molecule has 0 bridgehead atoms. The third-order valence-electron chi connectivity index (χ3n) is 1.66. The molecule has 1 aliphatic rings. The molecule has 5 heteroatoms. The minimum absolute atomic E-state index is 0.142. The summed E-state index contributed by atoms with van der Waals surface area (Å²) >= 11 is 0. The second-order valence-electron chi connectivity index (χ2n) is 3.46. The Hall–Kier alpha value is -1.88. The summed E-state index contributed by atoms with van der Waals surface area (Å²) in [6, 6.07) is 0. The fourth-order valence-electron chi connectivity index (χ4n) is 0.656. The largest absolute Gasteiger partial charge is 0.459 e. The highest BCUT2D eigenvalue weighted by Crippen LogP contribution is 2.09. The molecular formula is C13H18O5. The molecule has 1 unspecified atom stereocenters. The van der Waals surface area contributed by atoms with Crippen molar-refractivity contribution >= 4 is 11.9 Å². The second kappa shape index (κ2) is 9.18. The Morgan fingerprint density at radius 1 is 1.39 bits per heavy atom. The standard InChI is InChI=1S/C7H10O3.C6H8O2/c1-5(2)7(8)10-4-6-3-9-6;1-3-5-8-6(7)4-2/h6H,1,3-4H2,2H3;3-4H,1-2,5H2. The van der Waals surface area contributed by atoms with E-state index >= 15 is 0 Å². The monoisotopic (exact) mass is 254 g/mol. The Morgan fingerprint density at radius 3 is 2.39 bits per heavy atom. The third kappa shape index (κ3) is 9.35. The van der Waals surface area contributed by atoms with Gasteiger partial charge in [0.25, 0.3) is 0 Å². The average molecular weight is 254 g/mol. The lowest BCUT2D eigenvalue weighted by molar-refractivity contribution is -0.139. The first-order chi connectivity index (χ1) is 8.51. The molecule has 1 saturated heterocycles. The highest BCUT2D eigenvalue weighted by Gasteiger charge is 2.24. The number of esters is 2. The van der Waals surface area contributed by atoms with Crippen LogP contribution in [0.15, 0.2) is 37.5 Å². The molecule has 0 aliphatic carbocycles. The third-order valence-corrected chi connectivity index (χ3v) is 1.66. The number of carbonyl (C=O) groups excluding carboxylic acids is 2. The van der Waals surface area contributed by atoms with Gasteiger partial charge in [-0.3, -0.25) is 0 Å². The van der Waals surface area contributed by atoms with Gasteiger partial charge in [-0.1, -0.05) is 25.8 Å². The number of carbonyl (C=O) groups is 2. The Bertz CT molecular complexity index is 328. The van der Waals surface area contributed by atoms with Gasteiger partial charge in [0.1, 0.15) is 19.3 Å². The smallest absolute Gasteiger partial charge is 0.333 e. The van der Waals surface area contributed by atoms with E-state index in [0.29, 0.717) is 18.8 Å². The summed E-state index contributed by atoms with van der Waals surface area (Å²) in [6.07, 6.45) is 2.76. The summed E-state index contributed by atoms with van der Waals surface area (Å²) < 4.78 is 14.1. The fraction of sp³-hybridized carbons (Fsp3) is 0.385. The first-order valence-electron chi connectivity index (χ1n) is 5.35. The number of hydrogen-bond donors (Lipinski definition) is 0. The van der Waals surface area contributed by atoms with Gasteiger partial charge in [-0.2, -0.15) is 0 Å². The molecule has 1 rings (SSSR count). The highest BCUT2D eigenvalue weighted by molar-refractivity contribution is 5.86. The van der Waals surface area contributed by atoms with Gasteiger partial charge >= 0.3 is 11.9 Å². The lowest BCUT2D eigenvalue weighted by atomic mass is 10.4. The van der Waals surface area contributed by atoms with Crippen LogP contribution in [-0.2, 0) is 23.8 Å². The minimum atomic E-state index is -0.412. The van der Waals surface area contributed by atoms with Crippen LogP contribution in [0.3, 0.4) is 0 Å². The van der Waals surface area contributed by atoms with Crippen molar-refractivity contribution in [2.24, 2.45) is 0 Å². The highest BCUT2D eigenvalue weighted by atomic mass is 16.6. The van der Waals surface area contributed by atoms with Gasteiger partial charge in [-0.15, -0.1) is 0 Å². The average Bonchev–Trinajstić information content (AvgIpc) is 3.17. The molecule has 0 N–H and O–H groups in total. The predicted octanol–water partition coefficient (Wildman–Crippen LogP) is 1.41. The van der Waals surface area contributed by atoms with Crippen molar-refractivity contribution in [3.05, 3.63) is 37.5 Å². The van der Waals surface area contributed by atoms with Crippen LogP contribution in [0.4, 0.5) is 0 Å². The van der Waals surface area contributed by atoms with E-state index in [1.165, 1.54) is 6.08 Å². The zero-order valence-corrected chi connectivity index (χ0v) is 10.5. The first-order valence-corrected chi connectivity index (χ1v) is 5.35. The molecule has 18 heavy (non-hydrogen) atoms. The van der Waals surface area contributed by atoms with Crippen LogP contribution in [0.25, 0.3) is 0 Å². The molecule has 0 aromatic heterocycles. The van der Waals surface area contributed by atoms with Crippen molar-refractivity contribution in [3.63, 3.8) is 0 Å². The number of ether oxygens (including phenoxy) is 3. The predicted molar refractivity (Wildman–Crippen MR) is 66.9 cm³/mol. The molecule has 0 aromatic carbocycles. The second-order valence-corrected chi connectivity index (χ2v) is 3.46. The maximum Gasteiger partial charge on any atom is 0.333 e. The summed E-state index contributed by atoms with van der Waals surface area (Å²) in [5, 5.41) is 0. The van der Waals surface area contributed by atoms with Crippen LogP contribution >= 0.6 is 0 Å². The molecule has 0 radical (unpaired) electrons. The molecule has 1 atom stereocenters. The molecule has 0 aromatic rings. The summed E-state index contributed by atoms with van der Waals surface area (Å²) in [7, 11) is 0. The number of epoxide rings is 1. The fourth-order valence-corrected chi connectivity index (χ4v) is 0.656. The van der Waals surface area contributed by atoms with Gasteiger partial charge in [0, 0.05) is 11.6 Å². The Labute approximate surface area is 107 Å². The molecule has 100 valence electrons. The number of hydrogen-bond acceptors (Lipinski definition) is 5. The molecule has 5 nitrogen and oxygen atoms in total. The molecule has 1 fully saturated rings. The van der Waals surface area contributed by atoms with E-state index in [4.69, 9.17) is 9.47 Å². The van der Waals surface area contributed by atoms with Crippen molar-refractivity contribution in [1.82, 2.24) is 0 Å². The van der Waals surface area contributed by atoms with Crippen LogP contribution < -0.4 is 0 Å². The van der Waals surface area contributed by atoms with Gasteiger partial charge in [-0.05, 0) is 6.92 Å². The summed E-state index contributed by atoms with van der Waals surface area (Å²) in [5.41, 5.74) is 0.431. The van der Waals surface area contributed by atoms with E-state index in [1.54, 1.807) is 6.92 Å². The maximum atomic E-state index is 10.7. The quantitative estimate of drug-likeness (QED) is 0.310.